The molecule has 0 radical (unpaired) electrons. The molecule has 92 valence electrons. The number of halogens is 2. The smallest absolute Gasteiger partial charge is 0.255 e. The van der Waals surface area contributed by atoms with Crippen molar-refractivity contribution in [1.29, 1.82) is 0 Å². The van der Waals surface area contributed by atoms with E-state index in [4.69, 9.17) is 11.6 Å². The van der Waals surface area contributed by atoms with Crippen LogP contribution in [0.2, 0.25) is 5.02 Å². The Bertz CT molecular complexity index is 584. The van der Waals surface area contributed by atoms with Crippen LogP contribution in [0.4, 0.5) is 5.69 Å². The predicted octanol–water partition coefficient (Wildman–Crippen LogP) is 4.51. The van der Waals surface area contributed by atoms with Gasteiger partial charge in [0.05, 0.1) is 5.69 Å². The van der Waals surface area contributed by atoms with Crippen molar-refractivity contribution in [3.8, 4) is 0 Å². The van der Waals surface area contributed by atoms with Gasteiger partial charge in [0.1, 0.15) is 0 Å². The number of amides is 1. The fourth-order valence-electron chi connectivity index (χ4n) is 1.53. The maximum Gasteiger partial charge on any atom is 0.255 e. The van der Waals surface area contributed by atoms with Crippen molar-refractivity contribution in [3.05, 3.63) is 62.2 Å². The molecule has 0 aliphatic heterocycles. The number of nitrogens with one attached hydrogen (secondary N) is 1. The Morgan fingerprint density at radius 1 is 1.22 bits per heavy atom. The van der Waals surface area contributed by atoms with E-state index in [9.17, 15) is 4.79 Å². The van der Waals surface area contributed by atoms with Gasteiger partial charge < -0.3 is 5.32 Å². The highest BCUT2D eigenvalue weighted by molar-refractivity contribution is 14.1. The summed E-state index contributed by atoms with van der Waals surface area (Å²) in [5, 5.41) is 3.52. The summed E-state index contributed by atoms with van der Waals surface area (Å²) < 4.78 is 0.971. The molecule has 0 aromatic heterocycles. The van der Waals surface area contributed by atoms with E-state index in [1.807, 2.05) is 31.2 Å². The van der Waals surface area contributed by atoms with Gasteiger partial charge >= 0.3 is 0 Å². The summed E-state index contributed by atoms with van der Waals surface area (Å²) in [7, 11) is 0. The van der Waals surface area contributed by atoms with E-state index in [-0.39, 0.29) is 5.91 Å². The van der Waals surface area contributed by atoms with E-state index < -0.39 is 0 Å². The first kappa shape index (κ1) is 13.4. The van der Waals surface area contributed by atoms with E-state index in [1.54, 1.807) is 18.2 Å². The Morgan fingerprint density at radius 3 is 2.56 bits per heavy atom. The zero-order chi connectivity index (χ0) is 13.1. The highest BCUT2D eigenvalue weighted by Gasteiger charge is 2.09. The number of anilines is 1. The van der Waals surface area contributed by atoms with Crippen LogP contribution in [0.25, 0.3) is 0 Å². The van der Waals surface area contributed by atoms with E-state index in [0.717, 1.165) is 14.8 Å². The molecule has 0 saturated heterocycles. The summed E-state index contributed by atoms with van der Waals surface area (Å²) in [5.41, 5.74) is 2.36. The third kappa shape index (κ3) is 3.03. The van der Waals surface area contributed by atoms with Crippen molar-refractivity contribution in [2.45, 2.75) is 6.92 Å². The molecule has 4 heteroatoms. The first-order chi connectivity index (χ1) is 8.58. The summed E-state index contributed by atoms with van der Waals surface area (Å²) in [6.45, 7) is 1.94. The first-order valence-corrected chi connectivity index (χ1v) is 6.85. The van der Waals surface area contributed by atoms with Gasteiger partial charge in [-0.3, -0.25) is 4.79 Å². The molecule has 2 aromatic rings. The van der Waals surface area contributed by atoms with Crippen LogP contribution in [0.5, 0.6) is 0 Å². The Balaban J connectivity index is 2.25. The normalized spacial score (nSPS) is 10.2. The van der Waals surface area contributed by atoms with Crippen LogP contribution >= 0.6 is 34.2 Å². The molecule has 0 saturated carbocycles. The molecule has 0 aliphatic carbocycles. The SMILES string of the molecule is Cc1cc(I)c(NC(=O)c2ccccc2)cc1Cl. The Hall–Kier alpha value is -1.07. The van der Waals surface area contributed by atoms with Gasteiger partial charge in [-0.15, -0.1) is 0 Å². The molecule has 0 fully saturated rings. The summed E-state index contributed by atoms with van der Waals surface area (Å²) in [6, 6.07) is 12.8. The average Bonchev–Trinajstić information content (AvgIpc) is 2.37. The quantitative estimate of drug-likeness (QED) is 0.774. The van der Waals surface area contributed by atoms with Crippen molar-refractivity contribution in [3.63, 3.8) is 0 Å². The van der Waals surface area contributed by atoms with Crippen LogP contribution in [0.3, 0.4) is 0 Å². The van der Waals surface area contributed by atoms with E-state index >= 15 is 0 Å². The lowest BCUT2D eigenvalue weighted by atomic mass is 10.2. The standard InChI is InChI=1S/C14H11ClINO/c1-9-7-12(16)13(8-11(9)15)17-14(18)10-5-3-2-4-6-10/h2-8H,1H3,(H,17,18). The van der Waals surface area contributed by atoms with Gasteiger partial charge in [-0.1, -0.05) is 29.8 Å². The fourth-order valence-corrected chi connectivity index (χ4v) is 2.45. The minimum absolute atomic E-state index is 0.131. The summed E-state index contributed by atoms with van der Waals surface area (Å²) in [6.07, 6.45) is 0. The fraction of sp³-hybridized carbons (Fsp3) is 0.0714. The minimum Gasteiger partial charge on any atom is -0.321 e. The molecule has 0 spiro atoms. The summed E-state index contributed by atoms with van der Waals surface area (Å²) in [4.78, 5) is 12.0. The first-order valence-electron chi connectivity index (χ1n) is 5.40. The summed E-state index contributed by atoms with van der Waals surface area (Å²) in [5.74, 6) is -0.131. The van der Waals surface area contributed by atoms with Crippen LogP contribution in [-0.2, 0) is 0 Å². The zero-order valence-corrected chi connectivity index (χ0v) is 12.6. The molecule has 2 nitrogen and oxygen atoms in total. The Kier molecular flexibility index (Phi) is 4.24. The van der Waals surface area contributed by atoms with Crippen molar-refractivity contribution in [1.82, 2.24) is 0 Å². The molecule has 0 aliphatic rings. The summed E-state index contributed by atoms with van der Waals surface area (Å²) >= 11 is 8.24. The van der Waals surface area contributed by atoms with Crippen LogP contribution in [0.15, 0.2) is 42.5 Å². The van der Waals surface area contributed by atoms with Gasteiger partial charge in [0.25, 0.3) is 5.91 Å². The van der Waals surface area contributed by atoms with Crippen LogP contribution in [-0.4, -0.2) is 5.91 Å². The molecular weight excluding hydrogens is 361 g/mol. The molecular formula is C14H11ClINO. The highest BCUT2D eigenvalue weighted by atomic mass is 127. The van der Waals surface area contributed by atoms with Crippen molar-refractivity contribution < 1.29 is 4.79 Å². The lowest BCUT2D eigenvalue weighted by Gasteiger charge is -2.09. The van der Waals surface area contributed by atoms with Gasteiger partial charge in [0, 0.05) is 14.2 Å². The number of hydrogen-bond donors (Lipinski definition) is 1. The highest BCUT2D eigenvalue weighted by Crippen LogP contribution is 2.26. The maximum atomic E-state index is 12.0. The number of hydrogen-bond acceptors (Lipinski definition) is 1. The van der Waals surface area contributed by atoms with Gasteiger partial charge in [0.15, 0.2) is 0 Å². The monoisotopic (exact) mass is 371 g/mol. The maximum absolute atomic E-state index is 12.0. The molecule has 1 N–H and O–H groups in total. The molecule has 0 atom stereocenters. The van der Waals surface area contributed by atoms with Gasteiger partial charge in [-0.25, -0.2) is 0 Å². The van der Waals surface area contributed by atoms with Crippen LogP contribution < -0.4 is 5.32 Å². The van der Waals surface area contributed by atoms with E-state index in [1.165, 1.54) is 0 Å². The topological polar surface area (TPSA) is 29.1 Å². The third-order valence-electron chi connectivity index (χ3n) is 2.53. The molecule has 1 amide bonds. The molecule has 2 aromatic carbocycles. The minimum atomic E-state index is -0.131. The largest absolute Gasteiger partial charge is 0.321 e. The number of benzene rings is 2. The number of carbonyl (C=O) groups excluding carboxylic acids is 1. The van der Waals surface area contributed by atoms with Crippen LogP contribution in [0, 0.1) is 10.5 Å². The molecule has 0 heterocycles. The van der Waals surface area contributed by atoms with Crippen molar-refractivity contribution in [2.24, 2.45) is 0 Å². The van der Waals surface area contributed by atoms with Gasteiger partial charge in [-0.05, 0) is 59.3 Å². The zero-order valence-electron chi connectivity index (χ0n) is 9.71. The second kappa shape index (κ2) is 5.71. The molecule has 0 bridgehead atoms. The predicted molar refractivity (Wildman–Crippen MR) is 83.3 cm³/mol. The van der Waals surface area contributed by atoms with Crippen molar-refractivity contribution >= 4 is 45.8 Å². The molecule has 18 heavy (non-hydrogen) atoms. The number of rotatable bonds is 2. The third-order valence-corrected chi connectivity index (χ3v) is 3.83. The van der Waals surface area contributed by atoms with E-state index in [0.29, 0.717) is 10.6 Å². The molecule has 0 unspecified atom stereocenters. The van der Waals surface area contributed by atoms with Gasteiger partial charge in [-0.2, -0.15) is 0 Å². The van der Waals surface area contributed by atoms with Crippen molar-refractivity contribution in [2.75, 3.05) is 5.32 Å². The number of aryl methyl sites for hydroxylation is 1. The number of carbonyl (C=O) groups is 1. The van der Waals surface area contributed by atoms with Gasteiger partial charge in [0.2, 0.25) is 0 Å². The lowest BCUT2D eigenvalue weighted by molar-refractivity contribution is 0.102. The lowest BCUT2D eigenvalue weighted by Crippen LogP contribution is -2.12. The second-order valence-electron chi connectivity index (χ2n) is 3.90. The second-order valence-corrected chi connectivity index (χ2v) is 5.47. The van der Waals surface area contributed by atoms with E-state index in [2.05, 4.69) is 27.9 Å². The Morgan fingerprint density at radius 2 is 1.89 bits per heavy atom. The van der Waals surface area contributed by atoms with Crippen LogP contribution in [0.1, 0.15) is 15.9 Å². The molecule has 2 rings (SSSR count). The average molecular weight is 372 g/mol. The Labute approximate surface area is 124 Å².